The van der Waals surface area contributed by atoms with Gasteiger partial charge in [0.2, 0.25) is 5.91 Å². The van der Waals surface area contributed by atoms with E-state index in [-0.39, 0.29) is 11.9 Å². The van der Waals surface area contributed by atoms with Gasteiger partial charge in [-0.15, -0.1) is 0 Å². The van der Waals surface area contributed by atoms with Gasteiger partial charge in [-0.1, -0.05) is 0 Å². The van der Waals surface area contributed by atoms with Gasteiger partial charge in [-0.2, -0.15) is 0 Å². The molecule has 0 aromatic carbocycles. The van der Waals surface area contributed by atoms with E-state index in [9.17, 15) is 4.79 Å². The van der Waals surface area contributed by atoms with Crippen molar-refractivity contribution in [1.82, 2.24) is 20.2 Å². The maximum Gasteiger partial charge on any atom is 0.237 e. The molecule has 1 aliphatic heterocycles. The molecule has 6 nitrogen and oxygen atoms in total. The van der Waals surface area contributed by atoms with Gasteiger partial charge in [0.1, 0.15) is 5.82 Å². The summed E-state index contributed by atoms with van der Waals surface area (Å²) in [5, 5.41) is 5.95. The molecule has 0 bridgehead atoms. The van der Waals surface area contributed by atoms with E-state index < -0.39 is 0 Å². The molecule has 1 aromatic heterocycles. The summed E-state index contributed by atoms with van der Waals surface area (Å²) in [6.45, 7) is 6.97. The average molecular weight is 249 g/mol. The summed E-state index contributed by atoms with van der Waals surface area (Å²) >= 11 is 0. The molecule has 98 valence electrons. The normalized spacial score (nSPS) is 20.6. The number of nitrogens with zero attached hydrogens (tertiary/aromatic N) is 3. The second-order valence-electron chi connectivity index (χ2n) is 4.36. The Morgan fingerprint density at radius 2 is 2.33 bits per heavy atom. The first-order chi connectivity index (χ1) is 8.70. The first-order valence-electron chi connectivity index (χ1n) is 6.27. The number of anilines is 1. The molecule has 0 saturated carbocycles. The minimum atomic E-state index is -0.103. The summed E-state index contributed by atoms with van der Waals surface area (Å²) in [5.41, 5.74) is 0.887. The van der Waals surface area contributed by atoms with Gasteiger partial charge in [0, 0.05) is 26.2 Å². The largest absolute Gasteiger partial charge is 0.369 e. The molecule has 1 saturated heterocycles. The first-order valence-corrected chi connectivity index (χ1v) is 6.27. The number of aromatic nitrogens is 2. The summed E-state index contributed by atoms with van der Waals surface area (Å²) in [6, 6.07) is -0.103. The molecule has 6 heteroatoms. The zero-order valence-corrected chi connectivity index (χ0v) is 10.8. The molecular formula is C12H19N5O. The lowest BCUT2D eigenvalue weighted by atomic mass is 10.2. The van der Waals surface area contributed by atoms with Gasteiger partial charge < -0.3 is 10.6 Å². The Morgan fingerprint density at radius 3 is 3.00 bits per heavy atom. The van der Waals surface area contributed by atoms with E-state index in [4.69, 9.17) is 0 Å². The predicted molar refractivity (Wildman–Crippen MR) is 69.1 cm³/mol. The fourth-order valence-electron chi connectivity index (χ4n) is 1.96. The number of rotatable bonds is 4. The highest BCUT2D eigenvalue weighted by atomic mass is 16.2. The standard InChI is InChI=1S/C12H19N5O/c1-3-13-11-7-15-10(6-16-11)8-17-5-4-14-12(18)9(17)2/h6-7,9H,3-5,8H2,1-2H3,(H,13,16)(H,14,18). The maximum atomic E-state index is 11.5. The van der Waals surface area contributed by atoms with Crippen molar-refractivity contribution in [2.75, 3.05) is 25.0 Å². The van der Waals surface area contributed by atoms with Gasteiger partial charge in [0.05, 0.1) is 24.1 Å². The van der Waals surface area contributed by atoms with Crippen LogP contribution in [-0.4, -0.2) is 46.5 Å². The topological polar surface area (TPSA) is 70.2 Å². The van der Waals surface area contributed by atoms with Crippen molar-refractivity contribution in [3.05, 3.63) is 18.1 Å². The van der Waals surface area contributed by atoms with Crippen LogP contribution < -0.4 is 10.6 Å². The fraction of sp³-hybridized carbons (Fsp3) is 0.583. The minimum Gasteiger partial charge on any atom is -0.369 e. The van der Waals surface area contributed by atoms with Crippen molar-refractivity contribution >= 4 is 11.7 Å². The molecule has 1 aromatic rings. The zero-order chi connectivity index (χ0) is 13.0. The molecule has 2 N–H and O–H groups in total. The lowest BCUT2D eigenvalue weighted by molar-refractivity contribution is -0.128. The molecular weight excluding hydrogens is 230 g/mol. The van der Waals surface area contributed by atoms with Gasteiger partial charge in [0.25, 0.3) is 0 Å². The molecule has 0 radical (unpaired) electrons. The Kier molecular flexibility index (Phi) is 4.09. The lowest BCUT2D eigenvalue weighted by Crippen LogP contribution is -2.53. The highest BCUT2D eigenvalue weighted by Gasteiger charge is 2.25. The third-order valence-corrected chi connectivity index (χ3v) is 3.05. The second kappa shape index (κ2) is 5.77. The van der Waals surface area contributed by atoms with Crippen molar-refractivity contribution in [1.29, 1.82) is 0 Å². The van der Waals surface area contributed by atoms with Gasteiger partial charge in [-0.05, 0) is 13.8 Å². The van der Waals surface area contributed by atoms with Crippen LogP contribution in [0, 0.1) is 0 Å². The minimum absolute atomic E-state index is 0.0819. The van der Waals surface area contributed by atoms with E-state index in [1.807, 2.05) is 13.8 Å². The van der Waals surface area contributed by atoms with Crippen LogP contribution >= 0.6 is 0 Å². The molecule has 1 amide bonds. The van der Waals surface area contributed by atoms with E-state index in [1.165, 1.54) is 0 Å². The quantitative estimate of drug-likeness (QED) is 0.799. The Labute approximate surface area is 107 Å². The zero-order valence-electron chi connectivity index (χ0n) is 10.8. The second-order valence-corrected chi connectivity index (χ2v) is 4.36. The average Bonchev–Trinajstić information content (AvgIpc) is 2.38. The summed E-state index contributed by atoms with van der Waals surface area (Å²) in [4.78, 5) is 22.3. The molecule has 2 rings (SSSR count). The van der Waals surface area contributed by atoms with Gasteiger partial charge in [0.15, 0.2) is 0 Å². The van der Waals surface area contributed by atoms with Crippen molar-refractivity contribution < 1.29 is 4.79 Å². The predicted octanol–water partition coefficient (Wildman–Crippen LogP) is 0.229. The van der Waals surface area contributed by atoms with Crippen molar-refractivity contribution in [3.8, 4) is 0 Å². The molecule has 1 aliphatic rings. The van der Waals surface area contributed by atoms with Gasteiger partial charge in [-0.25, -0.2) is 4.98 Å². The summed E-state index contributed by atoms with van der Waals surface area (Å²) in [5.74, 6) is 0.865. The van der Waals surface area contributed by atoms with E-state index >= 15 is 0 Å². The molecule has 1 fully saturated rings. The Balaban J connectivity index is 1.98. The Morgan fingerprint density at radius 1 is 1.50 bits per heavy atom. The number of carbonyl (C=O) groups excluding carboxylic acids is 1. The molecule has 2 heterocycles. The van der Waals surface area contributed by atoms with E-state index in [2.05, 4.69) is 25.5 Å². The van der Waals surface area contributed by atoms with Crippen molar-refractivity contribution in [2.24, 2.45) is 0 Å². The van der Waals surface area contributed by atoms with Gasteiger partial charge >= 0.3 is 0 Å². The number of hydrogen-bond donors (Lipinski definition) is 2. The Hall–Kier alpha value is -1.69. The van der Waals surface area contributed by atoms with Crippen molar-refractivity contribution in [3.63, 3.8) is 0 Å². The van der Waals surface area contributed by atoms with Crippen LogP contribution in [0.2, 0.25) is 0 Å². The van der Waals surface area contributed by atoms with Crippen LogP contribution in [0.4, 0.5) is 5.82 Å². The van der Waals surface area contributed by atoms with Crippen LogP contribution in [0.5, 0.6) is 0 Å². The Bertz CT molecular complexity index is 405. The third-order valence-electron chi connectivity index (χ3n) is 3.05. The number of carbonyl (C=O) groups is 1. The van der Waals surface area contributed by atoms with Crippen LogP contribution in [0.15, 0.2) is 12.4 Å². The number of hydrogen-bond acceptors (Lipinski definition) is 5. The fourth-order valence-corrected chi connectivity index (χ4v) is 1.96. The van der Waals surface area contributed by atoms with E-state index in [0.29, 0.717) is 13.1 Å². The molecule has 18 heavy (non-hydrogen) atoms. The van der Waals surface area contributed by atoms with E-state index in [0.717, 1.165) is 24.6 Å². The monoisotopic (exact) mass is 249 g/mol. The molecule has 0 spiro atoms. The van der Waals surface area contributed by atoms with Crippen LogP contribution in [0.1, 0.15) is 19.5 Å². The molecule has 1 atom stereocenters. The number of piperazine rings is 1. The highest BCUT2D eigenvalue weighted by Crippen LogP contribution is 2.09. The smallest absolute Gasteiger partial charge is 0.237 e. The summed E-state index contributed by atoms with van der Waals surface area (Å²) < 4.78 is 0. The first kappa shape index (κ1) is 12.8. The van der Waals surface area contributed by atoms with Gasteiger partial charge in [-0.3, -0.25) is 14.7 Å². The van der Waals surface area contributed by atoms with Crippen molar-refractivity contribution in [2.45, 2.75) is 26.4 Å². The third kappa shape index (κ3) is 2.95. The molecule has 1 unspecified atom stereocenters. The van der Waals surface area contributed by atoms with Crippen LogP contribution in [0.25, 0.3) is 0 Å². The van der Waals surface area contributed by atoms with Crippen LogP contribution in [0.3, 0.4) is 0 Å². The highest BCUT2D eigenvalue weighted by molar-refractivity contribution is 5.81. The van der Waals surface area contributed by atoms with E-state index in [1.54, 1.807) is 12.4 Å². The molecule has 0 aliphatic carbocycles. The SMILES string of the molecule is CCNc1cnc(CN2CCNC(=O)C2C)cn1. The summed E-state index contributed by atoms with van der Waals surface area (Å²) in [6.07, 6.45) is 3.49. The summed E-state index contributed by atoms with van der Waals surface area (Å²) in [7, 11) is 0. The van der Waals surface area contributed by atoms with Crippen LogP contribution in [-0.2, 0) is 11.3 Å². The number of amides is 1. The maximum absolute atomic E-state index is 11.5. The lowest BCUT2D eigenvalue weighted by Gasteiger charge is -2.32. The number of nitrogens with one attached hydrogen (secondary N) is 2.